The number of carbonyl (C=O) groups is 1. The second kappa shape index (κ2) is 6.80. The lowest BCUT2D eigenvalue weighted by Crippen LogP contribution is -2.36. The van der Waals surface area contributed by atoms with Crippen molar-refractivity contribution in [3.8, 4) is 10.6 Å². The van der Waals surface area contributed by atoms with E-state index in [0.29, 0.717) is 11.4 Å². The maximum atomic E-state index is 12.1. The fourth-order valence-corrected chi connectivity index (χ4v) is 2.87. The van der Waals surface area contributed by atoms with Gasteiger partial charge in [0.15, 0.2) is 5.69 Å². The molecule has 7 heteroatoms. The number of amides is 1. The number of hydrazine groups is 1. The minimum absolute atomic E-state index is 0.310. The summed E-state index contributed by atoms with van der Waals surface area (Å²) in [5, 5.41) is 8.86. The third-order valence-electron chi connectivity index (χ3n) is 3.12. The molecule has 1 amide bonds. The Balaban J connectivity index is 1.61. The molecule has 2 heterocycles. The van der Waals surface area contributed by atoms with Crippen LogP contribution in [-0.4, -0.2) is 16.1 Å². The van der Waals surface area contributed by atoms with Gasteiger partial charge >= 0.3 is 0 Å². The van der Waals surface area contributed by atoms with Crippen LogP contribution in [0, 0.1) is 0 Å². The van der Waals surface area contributed by atoms with Gasteiger partial charge in [0.05, 0.1) is 16.3 Å². The first-order valence-electron chi connectivity index (χ1n) is 6.74. The van der Waals surface area contributed by atoms with Crippen LogP contribution in [-0.2, 0) is 0 Å². The number of halogens is 1. The number of thiophene rings is 1. The molecule has 0 saturated carbocycles. The minimum Gasteiger partial charge on any atom is -0.298 e. The number of carbonyl (C=O) groups excluding carboxylic acids is 1. The van der Waals surface area contributed by atoms with Crippen LogP contribution in [0.15, 0.2) is 58.9 Å². The van der Waals surface area contributed by atoms with Gasteiger partial charge in [-0.2, -0.15) is 5.10 Å². The summed E-state index contributed by atoms with van der Waals surface area (Å²) in [6.07, 6.45) is 0. The van der Waals surface area contributed by atoms with E-state index in [1.807, 2.05) is 41.8 Å². The monoisotopic (exact) mass is 388 g/mol. The number of hydrogen-bond acceptors (Lipinski definition) is 4. The van der Waals surface area contributed by atoms with Crippen LogP contribution < -0.4 is 10.9 Å². The van der Waals surface area contributed by atoms with Crippen LogP contribution in [0.2, 0.25) is 0 Å². The number of H-pyrrole nitrogens is 1. The van der Waals surface area contributed by atoms with Crippen molar-refractivity contribution in [2.24, 2.45) is 0 Å². The maximum absolute atomic E-state index is 12.1. The first-order valence-corrected chi connectivity index (χ1v) is 8.41. The third kappa shape index (κ3) is 3.69. The van der Waals surface area contributed by atoms with Crippen molar-refractivity contribution in [3.63, 3.8) is 0 Å². The van der Waals surface area contributed by atoms with E-state index < -0.39 is 0 Å². The molecule has 3 rings (SSSR count). The highest BCUT2D eigenvalue weighted by Crippen LogP contribution is 2.22. The molecule has 0 radical (unpaired) electrons. The minimum atomic E-state index is -0.331. The van der Waals surface area contributed by atoms with Crippen molar-refractivity contribution < 1.29 is 4.79 Å². The van der Waals surface area contributed by atoms with E-state index in [4.69, 9.17) is 0 Å². The van der Waals surface area contributed by atoms with Gasteiger partial charge in [0.25, 0.3) is 5.91 Å². The maximum Gasteiger partial charge on any atom is 0.290 e. The molecule has 0 saturated heterocycles. The summed E-state index contributed by atoms with van der Waals surface area (Å²) in [7, 11) is 0. The zero-order valence-corrected chi connectivity index (χ0v) is 14.4. The van der Waals surface area contributed by atoms with E-state index in [1.165, 1.54) is 0 Å². The quantitative estimate of drug-likeness (QED) is 0.582. The van der Waals surface area contributed by atoms with E-state index in [0.717, 1.165) is 20.6 Å². The Bertz CT molecular complexity index is 824. The fourth-order valence-electron chi connectivity index (χ4n) is 1.92. The summed E-state index contributed by atoms with van der Waals surface area (Å²) in [6.45, 7) is 3.90. The Kier molecular flexibility index (Phi) is 4.59. The standard InChI is InChI=1S/C16H13BrN4OS/c1-10(11-4-6-12(17)7-5-11)18-21-16(22)14-9-13(19-20-14)15-3-2-8-23-15/h2-9,18H,1H2,(H,19,20)(H,21,22). The highest BCUT2D eigenvalue weighted by molar-refractivity contribution is 9.10. The molecule has 3 N–H and O–H groups in total. The van der Waals surface area contributed by atoms with Gasteiger partial charge in [-0.15, -0.1) is 11.3 Å². The Morgan fingerprint density at radius 2 is 2.00 bits per heavy atom. The fraction of sp³-hybridized carbons (Fsp3) is 0. The molecular formula is C16H13BrN4OS. The van der Waals surface area contributed by atoms with Gasteiger partial charge in [-0.25, -0.2) is 0 Å². The molecule has 5 nitrogen and oxygen atoms in total. The zero-order valence-electron chi connectivity index (χ0n) is 12.0. The number of rotatable bonds is 5. The second-order valence-corrected chi connectivity index (χ2v) is 6.57. The molecule has 1 aromatic carbocycles. The first-order chi connectivity index (χ1) is 11.1. The second-order valence-electron chi connectivity index (χ2n) is 4.71. The Labute approximate surface area is 145 Å². The average molecular weight is 389 g/mol. The van der Waals surface area contributed by atoms with Crippen molar-refractivity contribution in [1.29, 1.82) is 0 Å². The van der Waals surface area contributed by atoms with E-state index in [9.17, 15) is 4.79 Å². The van der Waals surface area contributed by atoms with Crippen molar-refractivity contribution >= 4 is 38.9 Å². The molecule has 0 aliphatic heterocycles. The summed E-state index contributed by atoms with van der Waals surface area (Å²) >= 11 is 4.96. The van der Waals surface area contributed by atoms with Crippen LogP contribution in [0.25, 0.3) is 16.3 Å². The molecule has 0 aliphatic rings. The molecule has 0 spiro atoms. The van der Waals surface area contributed by atoms with Crippen LogP contribution in [0.3, 0.4) is 0 Å². The highest BCUT2D eigenvalue weighted by atomic mass is 79.9. The third-order valence-corrected chi connectivity index (χ3v) is 4.55. The molecule has 0 fully saturated rings. The molecule has 23 heavy (non-hydrogen) atoms. The van der Waals surface area contributed by atoms with E-state index in [-0.39, 0.29) is 5.91 Å². The summed E-state index contributed by atoms with van der Waals surface area (Å²) in [5.74, 6) is -0.331. The normalized spacial score (nSPS) is 10.3. The summed E-state index contributed by atoms with van der Waals surface area (Å²) in [5.41, 5.74) is 8.00. The molecule has 3 aromatic rings. The summed E-state index contributed by atoms with van der Waals surface area (Å²) in [4.78, 5) is 13.1. The molecular weight excluding hydrogens is 376 g/mol. The number of nitrogens with zero attached hydrogens (tertiary/aromatic N) is 1. The predicted octanol–water partition coefficient (Wildman–Crippen LogP) is 3.81. The molecule has 0 aliphatic carbocycles. The Morgan fingerprint density at radius 1 is 1.22 bits per heavy atom. The summed E-state index contributed by atoms with van der Waals surface area (Å²) in [6, 6.07) is 13.2. The number of hydrogen-bond donors (Lipinski definition) is 3. The number of benzene rings is 1. The van der Waals surface area contributed by atoms with E-state index in [2.05, 4.69) is 43.6 Å². The lowest BCUT2D eigenvalue weighted by molar-refractivity contribution is 0.0937. The van der Waals surface area contributed by atoms with Crippen LogP contribution in [0.5, 0.6) is 0 Å². The topological polar surface area (TPSA) is 69.8 Å². The zero-order chi connectivity index (χ0) is 16.2. The Hall–Kier alpha value is -2.38. The molecule has 2 aromatic heterocycles. The number of aromatic amines is 1. The van der Waals surface area contributed by atoms with Gasteiger partial charge < -0.3 is 0 Å². The van der Waals surface area contributed by atoms with Gasteiger partial charge in [-0.1, -0.05) is 40.7 Å². The van der Waals surface area contributed by atoms with Gasteiger partial charge in [-0.05, 0) is 35.2 Å². The van der Waals surface area contributed by atoms with E-state index >= 15 is 0 Å². The van der Waals surface area contributed by atoms with Crippen molar-refractivity contribution in [2.75, 3.05) is 0 Å². The predicted molar refractivity (Wildman–Crippen MR) is 95.7 cm³/mol. The molecule has 116 valence electrons. The van der Waals surface area contributed by atoms with Crippen LogP contribution in [0.4, 0.5) is 0 Å². The van der Waals surface area contributed by atoms with Gasteiger partial charge in [0.2, 0.25) is 0 Å². The molecule has 0 bridgehead atoms. The average Bonchev–Trinajstić information content (AvgIpc) is 3.23. The largest absolute Gasteiger partial charge is 0.298 e. The SMILES string of the molecule is C=C(NNC(=O)c1cc(-c2cccs2)[nH]n1)c1ccc(Br)cc1. The summed E-state index contributed by atoms with van der Waals surface area (Å²) < 4.78 is 0.982. The van der Waals surface area contributed by atoms with Crippen LogP contribution >= 0.6 is 27.3 Å². The highest BCUT2D eigenvalue weighted by Gasteiger charge is 2.12. The van der Waals surface area contributed by atoms with E-state index in [1.54, 1.807) is 17.4 Å². The van der Waals surface area contributed by atoms with Crippen LogP contribution in [0.1, 0.15) is 16.1 Å². The molecule has 0 unspecified atom stereocenters. The van der Waals surface area contributed by atoms with Crippen molar-refractivity contribution in [3.05, 3.63) is 70.2 Å². The van der Waals surface area contributed by atoms with Crippen molar-refractivity contribution in [1.82, 2.24) is 21.0 Å². The van der Waals surface area contributed by atoms with Gasteiger partial charge in [0.1, 0.15) is 0 Å². The number of nitrogens with one attached hydrogen (secondary N) is 3. The lowest BCUT2D eigenvalue weighted by Gasteiger charge is -2.10. The first kappa shape index (κ1) is 15.5. The molecule has 0 atom stereocenters. The van der Waals surface area contributed by atoms with Crippen molar-refractivity contribution in [2.45, 2.75) is 0 Å². The smallest absolute Gasteiger partial charge is 0.290 e. The Morgan fingerprint density at radius 3 is 2.70 bits per heavy atom. The number of aromatic nitrogens is 2. The lowest BCUT2D eigenvalue weighted by atomic mass is 10.2. The van der Waals surface area contributed by atoms with Gasteiger partial charge in [-0.3, -0.25) is 20.7 Å². The van der Waals surface area contributed by atoms with Gasteiger partial charge in [0, 0.05) is 4.47 Å².